The molecule has 0 bridgehead atoms. The topological polar surface area (TPSA) is 85.0 Å². The Morgan fingerprint density at radius 1 is 1.24 bits per heavy atom. The van der Waals surface area contributed by atoms with Gasteiger partial charge in [0.05, 0.1) is 6.20 Å². The average Bonchev–Trinajstić information content (AvgIpc) is 3.07. The SMILES string of the molecule is O=C(c1cnccn1)N1CCC(c2noc(C3CC3)n2)C1. The fourth-order valence-corrected chi connectivity index (χ4v) is 2.64. The summed E-state index contributed by atoms with van der Waals surface area (Å²) in [4.78, 5) is 26.6. The van der Waals surface area contributed by atoms with Crippen molar-refractivity contribution < 1.29 is 9.32 Å². The monoisotopic (exact) mass is 285 g/mol. The van der Waals surface area contributed by atoms with Crippen molar-refractivity contribution in [3.8, 4) is 0 Å². The Bertz CT molecular complexity index is 652. The lowest BCUT2D eigenvalue weighted by molar-refractivity contribution is 0.0784. The Morgan fingerprint density at radius 3 is 2.90 bits per heavy atom. The minimum absolute atomic E-state index is 0.0866. The molecule has 2 aromatic heterocycles. The summed E-state index contributed by atoms with van der Waals surface area (Å²) in [6.45, 7) is 1.30. The number of carbonyl (C=O) groups is 1. The van der Waals surface area contributed by atoms with Crippen molar-refractivity contribution in [2.24, 2.45) is 0 Å². The van der Waals surface area contributed by atoms with Gasteiger partial charge >= 0.3 is 0 Å². The molecular formula is C14H15N5O2. The molecule has 3 heterocycles. The van der Waals surface area contributed by atoms with Gasteiger partial charge in [-0.15, -0.1) is 0 Å². The molecule has 1 unspecified atom stereocenters. The summed E-state index contributed by atoms with van der Waals surface area (Å²) in [5.74, 6) is 2.01. The van der Waals surface area contributed by atoms with E-state index in [0.29, 0.717) is 24.7 Å². The van der Waals surface area contributed by atoms with E-state index in [2.05, 4.69) is 20.1 Å². The van der Waals surface area contributed by atoms with Crippen LogP contribution in [0.4, 0.5) is 0 Å². The van der Waals surface area contributed by atoms with E-state index in [1.807, 2.05) is 0 Å². The van der Waals surface area contributed by atoms with Crippen LogP contribution in [0.15, 0.2) is 23.1 Å². The highest BCUT2D eigenvalue weighted by Gasteiger charge is 2.34. The van der Waals surface area contributed by atoms with Crippen LogP contribution in [0.25, 0.3) is 0 Å². The van der Waals surface area contributed by atoms with Crippen LogP contribution in [0.2, 0.25) is 0 Å². The Morgan fingerprint density at radius 2 is 2.14 bits per heavy atom. The zero-order chi connectivity index (χ0) is 14.2. The molecule has 108 valence electrons. The average molecular weight is 285 g/mol. The van der Waals surface area contributed by atoms with Crippen LogP contribution in [0, 0.1) is 0 Å². The molecule has 4 rings (SSSR count). The van der Waals surface area contributed by atoms with Gasteiger partial charge in [-0.05, 0) is 19.3 Å². The fourth-order valence-electron chi connectivity index (χ4n) is 2.64. The quantitative estimate of drug-likeness (QED) is 0.846. The molecule has 2 fully saturated rings. The van der Waals surface area contributed by atoms with Gasteiger partial charge in [-0.3, -0.25) is 9.78 Å². The van der Waals surface area contributed by atoms with Gasteiger partial charge in [0.25, 0.3) is 5.91 Å². The highest BCUT2D eigenvalue weighted by molar-refractivity contribution is 5.92. The third-order valence-electron chi connectivity index (χ3n) is 4.01. The molecule has 1 atom stereocenters. The highest BCUT2D eigenvalue weighted by atomic mass is 16.5. The third kappa shape index (κ3) is 2.39. The van der Waals surface area contributed by atoms with E-state index in [0.717, 1.165) is 31.0 Å². The molecule has 1 amide bonds. The maximum atomic E-state index is 12.3. The smallest absolute Gasteiger partial charge is 0.274 e. The summed E-state index contributed by atoms with van der Waals surface area (Å²) in [6, 6.07) is 0. The lowest BCUT2D eigenvalue weighted by Gasteiger charge is -2.14. The van der Waals surface area contributed by atoms with Gasteiger partial charge in [0.15, 0.2) is 5.82 Å². The minimum atomic E-state index is -0.0866. The standard InChI is InChI=1S/C14H15N5O2/c20-14(11-7-15-4-5-16-11)19-6-3-10(8-19)12-17-13(21-18-12)9-1-2-9/h4-5,7,9-10H,1-3,6,8H2. The van der Waals surface area contributed by atoms with Gasteiger partial charge in [0.1, 0.15) is 5.69 Å². The molecular weight excluding hydrogens is 270 g/mol. The second-order valence-electron chi connectivity index (χ2n) is 5.59. The molecule has 1 aliphatic carbocycles. The first-order chi connectivity index (χ1) is 10.3. The summed E-state index contributed by atoms with van der Waals surface area (Å²) >= 11 is 0. The summed E-state index contributed by atoms with van der Waals surface area (Å²) in [6.07, 6.45) is 7.72. The predicted octanol–water partition coefficient (Wildman–Crippen LogP) is 1.37. The Hall–Kier alpha value is -2.31. The van der Waals surface area contributed by atoms with Crippen LogP contribution in [-0.2, 0) is 0 Å². The number of rotatable bonds is 3. The van der Waals surface area contributed by atoms with Crippen molar-refractivity contribution in [3.05, 3.63) is 36.0 Å². The third-order valence-corrected chi connectivity index (χ3v) is 4.01. The number of carbonyl (C=O) groups excluding carboxylic acids is 1. The summed E-state index contributed by atoms with van der Waals surface area (Å²) in [7, 11) is 0. The lowest BCUT2D eigenvalue weighted by Crippen LogP contribution is -2.29. The molecule has 1 saturated heterocycles. The summed E-state index contributed by atoms with van der Waals surface area (Å²) in [5, 5.41) is 4.07. The number of hydrogen-bond donors (Lipinski definition) is 0. The van der Waals surface area contributed by atoms with Crippen LogP contribution in [0.1, 0.15) is 53.3 Å². The van der Waals surface area contributed by atoms with Crippen LogP contribution in [0.3, 0.4) is 0 Å². The van der Waals surface area contributed by atoms with E-state index in [1.54, 1.807) is 11.1 Å². The Kier molecular flexibility index (Phi) is 2.90. The van der Waals surface area contributed by atoms with Crippen molar-refractivity contribution in [1.29, 1.82) is 0 Å². The zero-order valence-electron chi connectivity index (χ0n) is 11.5. The van der Waals surface area contributed by atoms with Gasteiger partial charge < -0.3 is 9.42 Å². The maximum absolute atomic E-state index is 12.3. The predicted molar refractivity (Wildman–Crippen MR) is 71.6 cm³/mol. The van der Waals surface area contributed by atoms with Gasteiger partial charge in [-0.2, -0.15) is 4.98 Å². The van der Waals surface area contributed by atoms with E-state index in [-0.39, 0.29) is 11.8 Å². The molecule has 21 heavy (non-hydrogen) atoms. The molecule has 7 nitrogen and oxygen atoms in total. The first-order valence-electron chi connectivity index (χ1n) is 7.20. The molecule has 2 aliphatic rings. The second-order valence-corrected chi connectivity index (χ2v) is 5.59. The zero-order valence-corrected chi connectivity index (χ0v) is 11.5. The van der Waals surface area contributed by atoms with Crippen molar-refractivity contribution in [2.45, 2.75) is 31.1 Å². The van der Waals surface area contributed by atoms with E-state index >= 15 is 0 Å². The summed E-state index contributed by atoms with van der Waals surface area (Å²) in [5.41, 5.74) is 0.380. The van der Waals surface area contributed by atoms with Gasteiger partial charge in [-0.25, -0.2) is 4.98 Å². The fraction of sp³-hybridized carbons (Fsp3) is 0.500. The number of amides is 1. The molecule has 2 aromatic rings. The molecule has 0 aromatic carbocycles. The molecule has 7 heteroatoms. The highest BCUT2D eigenvalue weighted by Crippen LogP contribution is 2.39. The first kappa shape index (κ1) is 12.4. The molecule has 0 radical (unpaired) electrons. The lowest BCUT2D eigenvalue weighted by atomic mass is 10.1. The number of nitrogens with zero attached hydrogens (tertiary/aromatic N) is 5. The van der Waals surface area contributed by atoms with Crippen LogP contribution < -0.4 is 0 Å². The maximum Gasteiger partial charge on any atom is 0.274 e. The van der Waals surface area contributed by atoms with Crippen molar-refractivity contribution in [2.75, 3.05) is 13.1 Å². The van der Waals surface area contributed by atoms with Crippen molar-refractivity contribution in [1.82, 2.24) is 25.0 Å². The van der Waals surface area contributed by atoms with E-state index in [9.17, 15) is 4.79 Å². The normalized spacial score (nSPS) is 21.7. The van der Waals surface area contributed by atoms with Gasteiger partial charge in [0, 0.05) is 37.3 Å². The Balaban J connectivity index is 1.45. The molecule has 1 saturated carbocycles. The van der Waals surface area contributed by atoms with Crippen LogP contribution in [-0.4, -0.2) is 44.0 Å². The largest absolute Gasteiger partial charge is 0.339 e. The Labute approximate surface area is 121 Å². The molecule has 0 N–H and O–H groups in total. The minimum Gasteiger partial charge on any atom is -0.339 e. The van der Waals surface area contributed by atoms with Gasteiger partial charge in [-0.1, -0.05) is 5.16 Å². The van der Waals surface area contributed by atoms with Gasteiger partial charge in [0.2, 0.25) is 5.89 Å². The molecule has 1 aliphatic heterocycles. The first-order valence-corrected chi connectivity index (χ1v) is 7.20. The summed E-state index contributed by atoms with van der Waals surface area (Å²) < 4.78 is 5.29. The van der Waals surface area contributed by atoms with Crippen molar-refractivity contribution in [3.63, 3.8) is 0 Å². The number of likely N-dealkylation sites (tertiary alicyclic amines) is 1. The van der Waals surface area contributed by atoms with E-state index in [1.165, 1.54) is 12.4 Å². The second kappa shape index (κ2) is 4.91. The number of hydrogen-bond acceptors (Lipinski definition) is 6. The van der Waals surface area contributed by atoms with E-state index < -0.39 is 0 Å². The van der Waals surface area contributed by atoms with E-state index in [4.69, 9.17) is 4.52 Å². The van der Waals surface area contributed by atoms with Crippen LogP contribution in [0.5, 0.6) is 0 Å². The molecule has 0 spiro atoms. The number of aromatic nitrogens is 4. The van der Waals surface area contributed by atoms with Crippen LogP contribution >= 0.6 is 0 Å². The van der Waals surface area contributed by atoms with Crippen molar-refractivity contribution >= 4 is 5.91 Å².